The van der Waals surface area contributed by atoms with E-state index in [1.807, 2.05) is 4.72 Å². The summed E-state index contributed by atoms with van der Waals surface area (Å²) in [6.45, 7) is 1.20. The van der Waals surface area contributed by atoms with Gasteiger partial charge in [0.2, 0.25) is 15.9 Å². The normalized spacial score (nSPS) is 12.9. The molecule has 1 unspecified atom stereocenters. The number of benzene rings is 1. The van der Waals surface area contributed by atoms with E-state index in [2.05, 4.69) is 0 Å². The molecule has 1 atom stereocenters. The van der Waals surface area contributed by atoms with Crippen molar-refractivity contribution < 1.29 is 27.5 Å². The second-order valence-electron chi connectivity index (χ2n) is 3.70. The van der Waals surface area contributed by atoms with Crippen molar-refractivity contribution in [1.82, 2.24) is 4.72 Å². The quantitative estimate of drug-likeness (QED) is 0.684. The van der Waals surface area contributed by atoms with Gasteiger partial charge in [0, 0.05) is 0 Å². The number of aromatic carboxylic acids is 1. The Kier molecular flexibility index (Phi) is 4.22. The van der Waals surface area contributed by atoms with Crippen molar-refractivity contribution in [3.05, 3.63) is 29.6 Å². The molecule has 0 bridgehead atoms. The van der Waals surface area contributed by atoms with E-state index in [-0.39, 0.29) is 5.56 Å². The molecule has 0 fully saturated rings. The van der Waals surface area contributed by atoms with Gasteiger partial charge in [-0.1, -0.05) is 0 Å². The Morgan fingerprint density at radius 3 is 2.42 bits per heavy atom. The summed E-state index contributed by atoms with van der Waals surface area (Å²) in [4.78, 5) is 20.6. The maximum atomic E-state index is 13.6. The van der Waals surface area contributed by atoms with Gasteiger partial charge in [-0.05, 0) is 25.1 Å². The van der Waals surface area contributed by atoms with E-state index in [0.717, 1.165) is 12.1 Å². The first-order chi connectivity index (χ1) is 8.65. The van der Waals surface area contributed by atoms with E-state index in [4.69, 9.17) is 10.8 Å². The maximum Gasteiger partial charge on any atom is 0.335 e. The van der Waals surface area contributed by atoms with Crippen molar-refractivity contribution in [3.8, 4) is 0 Å². The number of rotatable bonds is 5. The predicted molar refractivity (Wildman–Crippen MR) is 62.3 cm³/mol. The van der Waals surface area contributed by atoms with Crippen LogP contribution in [0.3, 0.4) is 0 Å². The van der Waals surface area contributed by atoms with Crippen molar-refractivity contribution >= 4 is 21.9 Å². The average molecular weight is 290 g/mol. The van der Waals surface area contributed by atoms with Gasteiger partial charge >= 0.3 is 5.97 Å². The topological polar surface area (TPSA) is 127 Å². The molecule has 4 N–H and O–H groups in total. The lowest BCUT2D eigenvalue weighted by molar-refractivity contribution is -0.119. The van der Waals surface area contributed by atoms with Crippen LogP contribution in [-0.4, -0.2) is 31.4 Å². The smallest absolute Gasteiger partial charge is 0.335 e. The van der Waals surface area contributed by atoms with Crippen LogP contribution in [-0.2, 0) is 14.8 Å². The van der Waals surface area contributed by atoms with E-state index in [0.29, 0.717) is 6.07 Å². The third-order valence-corrected chi connectivity index (χ3v) is 3.80. The molecule has 0 aliphatic rings. The van der Waals surface area contributed by atoms with Crippen molar-refractivity contribution in [2.75, 3.05) is 0 Å². The fourth-order valence-corrected chi connectivity index (χ4v) is 2.48. The summed E-state index contributed by atoms with van der Waals surface area (Å²) in [6, 6.07) is 1.10. The Balaban J connectivity index is 3.16. The molecule has 7 nitrogen and oxygen atoms in total. The van der Waals surface area contributed by atoms with Gasteiger partial charge < -0.3 is 10.8 Å². The molecule has 104 valence electrons. The SMILES string of the molecule is CC(NS(=O)(=O)c1ccc(C(=O)O)cc1F)C(N)=O. The number of amides is 1. The molecule has 0 saturated heterocycles. The molecule has 0 saturated carbocycles. The van der Waals surface area contributed by atoms with Crippen molar-refractivity contribution in [2.45, 2.75) is 17.9 Å². The minimum atomic E-state index is -4.30. The van der Waals surface area contributed by atoms with Gasteiger partial charge in [0.15, 0.2) is 0 Å². The Morgan fingerprint density at radius 1 is 1.42 bits per heavy atom. The maximum absolute atomic E-state index is 13.6. The highest BCUT2D eigenvalue weighted by molar-refractivity contribution is 7.89. The number of nitrogens with one attached hydrogen (secondary N) is 1. The Labute approximate surface area is 108 Å². The van der Waals surface area contributed by atoms with Crippen LogP contribution < -0.4 is 10.5 Å². The molecule has 1 amide bonds. The van der Waals surface area contributed by atoms with Crippen LogP contribution in [0.5, 0.6) is 0 Å². The second-order valence-corrected chi connectivity index (χ2v) is 5.38. The molecule has 1 rings (SSSR count). The molecule has 19 heavy (non-hydrogen) atoms. The molecular weight excluding hydrogens is 279 g/mol. The standard InChI is InChI=1S/C10H11FN2O5S/c1-5(9(12)14)13-19(17,18)8-3-2-6(10(15)16)4-7(8)11/h2-5,13H,1H3,(H2,12,14)(H,15,16). The highest BCUT2D eigenvalue weighted by Gasteiger charge is 2.24. The van der Waals surface area contributed by atoms with Gasteiger partial charge in [-0.3, -0.25) is 4.79 Å². The third kappa shape index (κ3) is 3.48. The molecule has 9 heteroatoms. The molecule has 0 spiro atoms. The first-order valence-corrected chi connectivity index (χ1v) is 6.48. The third-order valence-electron chi connectivity index (χ3n) is 2.23. The van der Waals surface area contributed by atoms with Gasteiger partial charge in [-0.2, -0.15) is 4.72 Å². The Morgan fingerprint density at radius 2 is 2.00 bits per heavy atom. The summed E-state index contributed by atoms with van der Waals surface area (Å²) in [5.74, 6) is -3.54. The highest BCUT2D eigenvalue weighted by atomic mass is 32.2. The van der Waals surface area contributed by atoms with Crippen molar-refractivity contribution in [3.63, 3.8) is 0 Å². The van der Waals surface area contributed by atoms with E-state index in [9.17, 15) is 22.4 Å². The zero-order chi connectivity index (χ0) is 14.8. The van der Waals surface area contributed by atoms with Gasteiger partial charge in [-0.25, -0.2) is 17.6 Å². The van der Waals surface area contributed by atoms with Crippen LogP contribution in [0.4, 0.5) is 4.39 Å². The number of hydrogen-bond acceptors (Lipinski definition) is 4. The van der Waals surface area contributed by atoms with Gasteiger partial charge in [0.1, 0.15) is 10.7 Å². The lowest BCUT2D eigenvalue weighted by Crippen LogP contribution is -2.42. The van der Waals surface area contributed by atoms with E-state index >= 15 is 0 Å². The summed E-state index contributed by atoms with van der Waals surface area (Å²) >= 11 is 0. The zero-order valence-corrected chi connectivity index (χ0v) is 10.6. The lowest BCUT2D eigenvalue weighted by atomic mass is 10.2. The first kappa shape index (κ1) is 15.1. The second kappa shape index (κ2) is 5.33. The molecule has 0 aromatic heterocycles. The van der Waals surface area contributed by atoms with Gasteiger partial charge in [-0.15, -0.1) is 0 Å². The van der Waals surface area contributed by atoms with Crippen LogP contribution in [0.25, 0.3) is 0 Å². The average Bonchev–Trinajstić information content (AvgIpc) is 2.27. The summed E-state index contributed by atoms with van der Waals surface area (Å²) in [5, 5.41) is 8.63. The monoisotopic (exact) mass is 290 g/mol. The number of carboxylic acid groups (broad SMARTS) is 1. The Hall–Kier alpha value is -2.00. The number of primary amides is 1. The van der Waals surface area contributed by atoms with Gasteiger partial charge in [0.05, 0.1) is 11.6 Å². The fraction of sp³-hybridized carbons (Fsp3) is 0.200. The summed E-state index contributed by atoms with van der Waals surface area (Å²) in [6.07, 6.45) is 0. The largest absolute Gasteiger partial charge is 0.478 e. The number of hydrogen-bond donors (Lipinski definition) is 3. The minimum Gasteiger partial charge on any atom is -0.478 e. The summed E-state index contributed by atoms with van der Waals surface area (Å²) < 4.78 is 38.9. The number of nitrogens with two attached hydrogens (primary N) is 1. The fourth-order valence-electron chi connectivity index (χ4n) is 1.21. The molecule has 1 aromatic rings. The highest BCUT2D eigenvalue weighted by Crippen LogP contribution is 2.16. The number of carbonyl (C=O) groups excluding carboxylic acids is 1. The van der Waals surface area contributed by atoms with Crippen molar-refractivity contribution in [2.24, 2.45) is 5.73 Å². The molecule has 1 aromatic carbocycles. The van der Waals surface area contributed by atoms with Crippen molar-refractivity contribution in [1.29, 1.82) is 0 Å². The van der Waals surface area contributed by atoms with Crippen LogP contribution >= 0.6 is 0 Å². The van der Waals surface area contributed by atoms with E-state index in [1.54, 1.807) is 0 Å². The predicted octanol–water partition coefficient (Wildman–Crippen LogP) is -0.324. The number of halogens is 1. The van der Waals surface area contributed by atoms with Gasteiger partial charge in [0.25, 0.3) is 0 Å². The number of carboxylic acids is 1. The van der Waals surface area contributed by atoms with Crippen LogP contribution in [0, 0.1) is 5.82 Å². The van der Waals surface area contributed by atoms with Crippen LogP contribution in [0.15, 0.2) is 23.1 Å². The van der Waals surface area contributed by atoms with E-state index < -0.39 is 38.7 Å². The minimum absolute atomic E-state index is 0.389. The molecular formula is C10H11FN2O5S. The zero-order valence-electron chi connectivity index (χ0n) is 9.75. The molecule has 0 aliphatic carbocycles. The molecule has 0 aliphatic heterocycles. The summed E-state index contributed by atoms with van der Waals surface area (Å²) in [5.41, 5.74) is 4.50. The Bertz CT molecular complexity index is 629. The first-order valence-electron chi connectivity index (χ1n) is 4.99. The van der Waals surface area contributed by atoms with Crippen LogP contribution in [0.2, 0.25) is 0 Å². The summed E-state index contributed by atoms with van der Waals surface area (Å²) in [7, 11) is -4.30. The van der Waals surface area contributed by atoms with E-state index in [1.165, 1.54) is 6.92 Å². The number of carbonyl (C=O) groups is 2. The molecule has 0 radical (unpaired) electrons. The van der Waals surface area contributed by atoms with Crippen LogP contribution in [0.1, 0.15) is 17.3 Å². The molecule has 0 heterocycles. The lowest BCUT2D eigenvalue weighted by Gasteiger charge is -2.11. The number of sulfonamides is 1.